The summed E-state index contributed by atoms with van der Waals surface area (Å²) in [5.74, 6) is 0.923. The van der Waals surface area contributed by atoms with Gasteiger partial charge in [-0.05, 0) is 43.9 Å². The van der Waals surface area contributed by atoms with Gasteiger partial charge in [-0.1, -0.05) is 73.5 Å². The lowest BCUT2D eigenvalue weighted by Gasteiger charge is -2.41. The molecule has 2 aromatic carbocycles. The molecule has 1 unspecified atom stereocenters. The first-order chi connectivity index (χ1) is 11.8. The molecule has 0 bridgehead atoms. The van der Waals surface area contributed by atoms with Crippen LogP contribution in [-0.2, 0) is 10.3 Å². The van der Waals surface area contributed by atoms with E-state index in [9.17, 15) is 0 Å². The summed E-state index contributed by atoms with van der Waals surface area (Å²) >= 11 is 0. The number of nitrogens with one attached hydrogen (secondary N) is 1. The fraction of sp³-hybridized carbons (Fsp3) is 0.455. The van der Waals surface area contributed by atoms with Gasteiger partial charge in [0.05, 0.1) is 0 Å². The Morgan fingerprint density at radius 3 is 1.92 bits per heavy atom. The number of likely N-dealkylation sites (N-methyl/N-ethyl adjacent to an activating group) is 1. The van der Waals surface area contributed by atoms with Crippen molar-refractivity contribution in [2.45, 2.75) is 44.2 Å². The molecular formula is C22H30ClNO. The highest BCUT2D eigenvalue weighted by Gasteiger charge is 2.42. The molecule has 0 radical (unpaired) electrons. The van der Waals surface area contributed by atoms with E-state index in [0.29, 0.717) is 6.61 Å². The third kappa shape index (κ3) is 4.44. The lowest BCUT2D eigenvalue weighted by Crippen LogP contribution is -2.50. The molecule has 25 heavy (non-hydrogen) atoms. The maximum absolute atomic E-state index is 6.54. The summed E-state index contributed by atoms with van der Waals surface area (Å²) in [6.45, 7) is 2.78. The Morgan fingerprint density at radius 1 is 1.00 bits per heavy atom. The monoisotopic (exact) mass is 359 g/mol. The Morgan fingerprint density at radius 2 is 1.52 bits per heavy atom. The minimum Gasteiger partial charge on any atom is -0.364 e. The van der Waals surface area contributed by atoms with E-state index in [1.54, 1.807) is 0 Å². The van der Waals surface area contributed by atoms with Gasteiger partial charge in [-0.15, -0.1) is 12.4 Å². The highest BCUT2D eigenvalue weighted by molar-refractivity contribution is 5.85. The lowest BCUT2D eigenvalue weighted by molar-refractivity contribution is -0.0410. The van der Waals surface area contributed by atoms with Crippen molar-refractivity contribution in [2.75, 3.05) is 13.7 Å². The first kappa shape index (κ1) is 20.0. The van der Waals surface area contributed by atoms with Gasteiger partial charge in [0, 0.05) is 12.6 Å². The fourth-order valence-corrected chi connectivity index (χ4v) is 3.80. The lowest BCUT2D eigenvalue weighted by atomic mass is 9.77. The highest BCUT2D eigenvalue weighted by atomic mass is 35.5. The van der Waals surface area contributed by atoms with Crippen LogP contribution < -0.4 is 5.32 Å². The van der Waals surface area contributed by atoms with Gasteiger partial charge < -0.3 is 10.1 Å². The van der Waals surface area contributed by atoms with Crippen LogP contribution in [0.5, 0.6) is 0 Å². The van der Waals surface area contributed by atoms with Crippen molar-refractivity contribution in [3.63, 3.8) is 0 Å². The highest BCUT2D eigenvalue weighted by Crippen LogP contribution is 2.41. The maximum atomic E-state index is 6.54. The molecule has 3 heteroatoms. The van der Waals surface area contributed by atoms with Gasteiger partial charge in [-0.3, -0.25) is 0 Å². The molecule has 0 aliphatic heterocycles. The zero-order valence-electron chi connectivity index (χ0n) is 15.3. The van der Waals surface area contributed by atoms with E-state index in [-0.39, 0.29) is 18.4 Å². The van der Waals surface area contributed by atoms with Gasteiger partial charge in [0.15, 0.2) is 0 Å². The number of benzene rings is 2. The largest absolute Gasteiger partial charge is 0.364 e. The summed E-state index contributed by atoms with van der Waals surface area (Å²) in [6, 6.07) is 21.6. The van der Waals surface area contributed by atoms with Crippen molar-refractivity contribution < 1.29 is 4.74 Å². The number of hydrogen-bond acceptors (Lipinski definition) is 2. The molecule has 1 atom stereocenters. The van der Waals surface area contributed by atoms with Crippen molar-refractivity contribution in [1.82, 2.24) is 5.32 Å². The summed E-state index contributed by atoms with van der Waals surface area (Å²) in [5.41, 5.74) is 2.02. The number of hydrogen-bond donors (Lipinski definition) is 1. The molecule has 1 aliphatic carbocycles. The van der Waals surface area contributed by atoms with Crippen molar-refractivity contribution in [3.8, 4) is 0 Å². The second-order valence-corrected chi connectivity index (χ2v) is 6.76. The molecular weight excluding hydrogens is 330 g/mol. The fourth-order valence-electron chi connectivity index (χ4n) is 3.80. The second kappa shape index (κ2) is 9.38. The van der Waals surface area contributed by atoms with Crippen LogP contribution in [0.3, 0.4) is 0 Å². The zero-order valence-corrected chi connectivity index (χ0v) is 16.1. The molecule has 1 N–H and O–H groups in total. The van der Waals surface area contributed by atoms with Crippen LogP contribution >= 0.6 is 12.4 Å². The van der Waals surface area contributed by atoms with Crippen molar-refractivity contribution in [2.24, 2.45) is 5.92 Å². The molecule has 1 aliphatic rings. The molecule has 1 fully saturated rings. The standard InChI is InChI=1S/C22H29NO.ClH/c1-3-24-22(19-10-6-4-7-11-19,20-12-8-5-9-13-20)21(23-2)17-16-18-14-15-18;/h4-13,18,21,23H,3,14-17H2,1-2H3;1H. The maximum Gasteiger partial charge on any atom is 0.133 e. The van der Waals surface area contributed by atoms with Crippen molar-refractivity contribution in [3.05, 3.63) is 71.8 Å². The van der Waals surface area contributed by atoms with Gasteiger partial charge in [-0.25, -0.2) is 0 Å². The first-order valence-electron chi connectivity index (χ1n) is 9.23. The predicted molar refractivity (Wildman–Crippen MR) is 107 cm³/mol. The molecule has 0 heterocycles. The number of halogens is 1. The molecule has 0 amide bonds. The zero-order chi connectivity index (χ0) is 16.8. The van der Waals surface area contributed by atoms with Crippen LogP contribution in [0.25, 0.3) is 0 Å². The van der Waals surface area contributed by atoms with E-state index in [1.807, 2.05) is 0 Å². The third-order valence-electron chi connectivity index (χ3n) is 5.18. The Kier molecular flexibility index (Phi) is 7.49. The number of rotatable bonds is 9. The third-order valence-corrected chi connectivity index (χ3v) is 5.18. The average Bonchev–Trinajstić information content (AvgIpc) is 3.47. The van der Waals surface area contributed by atoms with Crippen LogP contribution in [0.2, 0.25) is 0 Å². The summed E-state index contributed by atoms with van der Waals surface area (Å²) in [5, 5.41) is 3.58. The molecule has 0 aromatic heterocycles. The van der Waals surface area contributed by atoms with Gasteiger partial charge in [0.2, 0.25) is 0 Å². The Bertz CT molecular complexity index is 573. The Labute approximate surface area is 158 Å². The molecule has 136 valence electrons. The normalized spacial score (nSPS) is 15.4. The SMILES string of the molecule is CCOC(c1ccccc1)(c1ccccc1)C(CCC1CC1)NC.Cl. The molecule has 2 nitrogen and oxygen atoms in total. The minimum atomic E-state index is -0.444. The van der Waals surface area contributed by atoms with Crippen LogP contribution in [0, 0.1) is 5.92 Å². The van der Waals surface area contributed by atoms with E-state index in [0.717, 1.165) is 12.3 Å². The van der Waals surface area contributed by atoms with E-state index in [2.05, 4.69) is 80.0 Å². The van der Waals surface area contributed by atoms with Crippen LogP contribution in [0.15, 0.2) is 60.7 Å². The topological polar surface area (TPSA) is 21.3 Å². The summed E-state index contributed by atoms with van der Waals surface area (Å²) in [6.07, 6.45) is 5.20. The quantitative estimate of drug-likeness (QED) is 0.667. The molecule has 3 rings (SSSR count). The second-order valence-electron chi connectivity index (χ2n) is 6.76. The van der Waals surface area contributed by atoms with Gasteiger partial charge in [0.1, 0.15) is 5.60 Å². The number of ether oxygens (including phenoxy) is 1. The Hall–Kier alpha value is -1.35. The van der Waals surface area contributed by atoms with Crippen molar-refractivity contribution >= 4 is 12.4 Å². The van der Waals surface area contributed by atoms with Crippen LogP contribution in [-0.4, -0.2) is 19.7 Å². The summed E-state index contributed by atoms with van der Waals surface area (Å²) in [4.78, 5) is 0. The van der Waals surface area contributed by atoms with E-state index in [4.69, 9.17) is 4.74 Å². The average molecular weight is 360 g/mol. The van der Waals surface area contributed by atoms with Crippen LogP contribution in [0.4, 0.5) is 0 Å². The molecule has 1 saturated carbocycles. The van der Waals surface area contributed by atoms with E-state index < -0.39 is 5.60 Å². The van der Waals surface area contributed by atoms with Gasteiger partial charge in [-0.2, -0.15) is 0 Å². The molecule has 0 spiro atoms. The van der Waals surface area contributed by atoms with E-state index in [1.165, 1.54) is 30.4 Å². The molecule has 0 saturated heterocycles. The van der Waals surface area contributed by atoms with Gasteiger partial charge in [0.25, 0.3) is 0 Å². The smallest absolute Gasteiger partial charge is 0.133 e. The summed E-state index contributed by atoms with van der Waals surface area (Å²) in [7, 11) is 2.07. The summed E-state index contributed by atoms with van der Waals surface area (Å²) < 4.78 is 6.54. The molecule has 2 aromatic rings. The predicted octanol–water partition coefficient (Wildman–Crippen LogP) is 5.17. The first-order valence-corrected chi connectivity index (χ1v) is 9.23. The van der Waals surface area contributed by atoms with E-state index >= 15 is 0 Å². The van der Waals surface area contributed by atoms with Gasteiger partial charge >= 0.3 is 0 Å². The minimum absolute atomic E-state index is 0. The van der Waals surface area contributed by atoms with Crippen molar-refractivity contribution in [1.29, 1.82) is 0 Å². The Balaban J connectivity index is 0.00000225. The van der Waals surface area contributed by atoms with Crippen LogP contribution in [0.1, 0.15) is 43.7 Å².